The fraction of sp³-hybridized carbons (Fsp3) is 0.368. The van der Waals surface area contributed by atoms with Crippen molar-refractivity contribution in [3.8, 4) is 11.5 Å². The van der Waals surface area contributed by atoms with Crippen molar-refractivity contribution >= 4 is 23.2 Å². The molecule has 1 heterocycles. The summed E-state index contributed by atoms with van der Waals surface area (Å²) in [5.74, 6) is -1.36. The van der Waals surface area contributed by atoms with Crippen LogP contribution in [0.2, 0.25) is 0 Å². The molecule has 0 aliphatic carbocycles. The van der Waals surface area contributed by atoms with Crippen LogP contribution in [-0.4, -0.2) is 34.7 Å². The third-order valence-corrected chi connectivity index (χ3v) is 5.25. The molecule has 0 saturated carbocycles. The molecule has 0 saturated heterocycles. The summed E-state index contributed by atoms with van der Waals surface area (Å²) in [5.41, 5.74) is -0.205. The number of nitrogens with one attached hydrogen (secondary N) is 1. The van der Waals surface area contributed by atoms with E-state index in [0.717, 1.165) is 4.88 Å². The van der Waals surface area contributed by atoms with Crippen LogP contribution in [0.25, 0.3) is 0 Å². The highest BCUT2D eigenvalue weighted by Crippen LogP contribution is 2.28. The maximum Gasteiger partial charge on any atom is 0.328 e. The van der Waals surface area contributed by atoms with E-state index < -0.39 is 17.4 Å². The maximum atomic E-state index is 12.8. The number of amides is 1. The molecule has 1 atom stereocenters. The lowest BCUT2D eigenvalue weighted by molar-refractivity contribution is -0.147. The van der Waals surface area contributed by atoms with Crippen LogP contribution in [0.15, 0.2) is 35.7 Å². The van der Waals surface area contributed by atoms with E-state index in [9.17, 15) is 19.8 Å². The Hall–Kier alpha value is -2.54. The van der Waals surface area contributed by atoms with Gasteiger partial charge in [-0.2, -0.15) is 0 Å². The summed E-state index contributed by atoms with van der Waals surface area (Å²) in [5, 5.41) is 23.7. The Morgan fingerprint density at radius 2 is 1.96 bits per heavy atom. The topological polar surface area (TPSA) is 95.9 Å². The minimum Gasteiger partial charge on any atom is -0.504 e. The number of hydrogen-bond acceptors (Lipinski definition) is 6. The fourth-order valence-corrected chi connectivity index (χ4v) is 3.30. The molecule has 1 aromatic carbocycles. The summed E-state index contributed by atoms with van der Waals surface area (Å²) in [6.45, 7) is 5.48. The molecule has 1 amide bonds. The zero-order valence-corrected chi connectivity index (χ0v) is 15.8. The molecule has 2 rings (SSSR count). The number of hydrogen-bond donors (Lipinski definition) is 3. The SMILES string of the molecule is CCOC(=O)[C@H](Cc1ccc(O)c(O)c1)NC(=O)C(C)(C)c1cccs1. The normalized spacial score (nSPS) is 12.4. The van der Waals surface area contributed by atoms with Crippen molar-refractivity contribution in [1.82, 2.24) is 5.32 Å². The number of rotatable bonds is 7. The Morgan fingerprint density at radius 1 is 1.23 bits per heavy atom. The second-order valence-electron chi connectivity index (χ2n) is 6.41. The lowest BCUT2D eigenvalue weighted by Gasteiger charge is -2.26. The molecular formula is C19H23NO5S. The van der Waals surface area contributed by atoms with Gasteiger partial charge in [0.15, 0.2) is 11.5 Å². The number of carbonyl (C=O) groups excluding carboxylic acids is 2. The summed E-state index contributed by atoms with van der Waals surface area (Å²) in [4.78, 5) is 26.0. The van der Waals surface area contributed by atoms with Crippen molar-refractivity contribution < 1.29 is 24.5 Å². The summed E-state index contributed by atoms with van der Waals surface area (Å²) in [7, 11) is 0. The summed E-state index contributed by atoms with van der Waals surface area (Å²) in [6, 6.07) is 7.13. The number of carbonyl (C=O) groups is 2. The Balaban J connectivity index is 2.20. The van der Waals surface area contributed by atoms with Crippen molar-refractivity contribution in [2.75, 3.05) is 6.61 Å². The number of benzene rings is 1. The molecule has 26 heavy (non-hydrogen) atoms. The smallest absolute Gasteiger partial charge is 0.328 e. The van der Waals surface area contributed by atoms with Gasteiger partial charge in [-0.3, -0.25) is 4.79 Å². The number of phenols is 2. The first-order chi connectivity index (χ1) is 12.3. The van der Waals surface area contributed by atoms with Crippen LogP contribution in [0, 0.1) is 0 Å². The first kappa shape index (κ1) is 19.8. The van der Waals surface area contributed by atoms with Gasteiger partial charge in [0.25, 0.3) is 0 Å². The van der Waals surface area contributed by atoms with Crippen LogP contribution in [-0.2, 0) is 26.2 Å². The lowest BCUT2D eigenvalue weighted by atomic mass is 9.89. The molecule has 3 N–H and O–H groups in total. The second-order valence-corrected chi connectivity index (χ2v) is 7.36. The molecule has 0 spiro atoms. The van der Waals surface area contributed by atoms with Gasteiger partial charge in [-0.05, 0) is 49.9 Å². The molecule has 1 aromatic heterocycles. The van der Waals surface area contributed by atoms with Crippen LogP contribution in [0.3, 0.4) is 0 Å². The van der Waals surface area contributed by atoms with Gasteiger partial charge in [-0.15, -0.1) is 11.3 Å². The Labute approximate surface area is 156 Å². The van der Waals surface area contributed by atoms with Gasteiger partial charge in [0, 0.05) is 11.3 Å². The van der Waals surface area contributed by atoms with Gasteiger partial charge < -0.3 is 20.3 Å². The molecule has 0 aliphatic heterocycles. The van der Waals surface area contributed by atoms with Gasteiger partial charge in [0.2, 0.25) is 5.91 Å². The summed E-state index contributed by atoms with van der Waals surface area (Å²) >= 11 is 1.47. The zero-order chi connectivity index (χ0) is 19.3. The van der Waals surface area contributed by atoms with E-state index in [1.165, 1.54) is 23.5 Å². The van der Waals surface area contributed by atoms with Crippen molar-refractivity contribution in [3.05, 3.63) is 46.2 Å². The van der Waals surface area contributed by atoms with Gasteiger partial charge in [-0.25, -0.2) is 4.79 Å². The number of thiophene rings is 1. The van der Waals surface area contributed by atoms with Crippen LogP contribution < -0.4 is 5.32 Å². The van der Waals surface area contributed by atoms with E-state index in [4.69, 9.17) is 4.74 Å². The highest BCUT2D eigenvalue weighted by atomic mass is 32.1. The fourth-order valence-electron chi connectivity index (χ4n) is 2.45. The van der Waals surface area contributed by atoms with E-state index in [1.54, 1.807) is 26.8 Å². The second kappa shape index (κ2) is 8.23. The van der Waals surface area contributed by atoms with Gasteiger partial charge in [0.05, 0.1) is 12.0 Å². The average molecular weight is 377 g/mol. The number of esters is 1. The molecule has 7 heteroatoms. The van der Waals surface area contributed by atoms with Crippen LogP contribution in [0.4, 0.5) is 0 Å². The first-order valence-electron chi connectivity index (χ1n) is 8.28. The van der Waals surface area contributed by atoms with Crippen molar-refractivity contribution in [1.29, 1.82) is 0 Å². The van der Waals surface area contributed by atoms with E-state index in [2.05, 4.69) is 5.32 Å². The molecule has 0 aliphatic rings. The first-order valence-corrected chi connectivity index (χ1v) is 9.16. The number of ether oxygens (including phenoxy) is 1. The third-order valence-electron chi connectivity index (χ3n) is 4.06. The van der Waals surface area contributed by atoms with E-state index in [-0.39, 0.29) is 30.4 Å². The maximum absolute atomic E-state index is 12.8. The highest BCUT2D eigenvalue weighted by Gasteiger charge is 2.34. The molecule has 0 bridgehead atoms. The Bertz CT molecular complexity index is 770. The summed E-state index contributed by atoms with van der Waals surface area (Å²) in [6.07, 6.45) is 0.138. The van der Waals surface area contributed by atoms with Gasteiger partial charge >= 0.3 is 5.97 Å². The Kier molecular flexibility index (Phi) is 6.26. The largest absolute Gasteiger partial charge is 0.504 e. The molecule has 2 aromatic rings. The average Bonchev–Trinajstić information content (AvgIpc) is 3.13. The molecule has 0 unspecified atom stereocenters. The highest BCUT2D eigenvalue weighted by molar-refractivity contribution is 7.10. The quantitative estimate of drug-likeness (QED) is 0.509. The lowest BCUT2D eigenvalue weighted by Crippen LogP contribution is -2.49. The molecular weight excluding hydrogens is 354 g/mol. The predicted molar refractivity (Wildman–Crippen MR) is 99.4 cm³/mol. The van der Waals surface area contributed by atoms with Crippen molar-refractivity contribution in [2.45, 2.75) is 38.6 Å². The molecule has 0 fully saturated rings. The predicted octanol–water partition coefficient (Wildman–Crippen LogP) is 2.73. The third kappa shape index (κ3) is 4.54. The monoisotopic (exact) mass is 377 g/mol. The summed E-state index contributed by atoms with van der Waals surface area (Å²) < 4.78 is 5.07. The Morgan fingerprint density at radius 3 is 2.54 bits per heavy atom. The molecule has 0 radical (unpaired) electrons. The minimum atomic E-state index is -0.898. The van der Waals surface area contributed by atoms with Crippen LogP contribution in [0.5, 0.6) is 11.5 Å². The molecule has 140 valence electrons. The number of aromatic hydroxyl groups is 2. The van der Waals surface area contributed by atoms with Crippen LogP contribution in [0.1, 0.15) is 31.2 Å². The minimum absolute atomic E-state index is 0.138. The van der Waals surface area contributed by atoms with Crippen LogP contribution >= 0.6 is 11.3 Å². The van der Waals surface area contributed by atoms with Crippen molar-refractivity contribution in [3.63, 3.8) is 0 Å². The van der Waals surface area contributed by atoms with Gasteiger partial charge in [0.1, 0.15) is 6.04 Å². The standard InChI is InChI=1S/C19H23NO5S/c1-4-25-17(23)13(10-12-7-8-14(21)15(22)11-12)20-18(24)19(2,3)16-6-5-9-26-16/h5-9,11,13,21-22H,4,10H2,1-3H3,(H,20,24)/t13-/m0/s1. The van der Waals surface area contributed by atoms with Gasteiger partial charge in [-0.1, -0.05) is 12.1 Å². The number of phenolic OH excluding ortho intramolecular Hbond substituents is 2. The van der Waals surface area contributed by atoms with E-state index in [0.29, 0.717) is 5.56 Å². The zero-order valence-electron chi connectivity index (χ0n) is 15.0. The molecule has 6 nitrogen and oxygen atoms in total. The van der Waals surface area contributed by atoms with E-state index in [1.807, 2.05) is 17.5 Å². The van der Waals surface area contributed by atoms with E-state index >= 15 is 0 Å². The van der Waals surface area contributed by atoms with Crippen molar-refractivity contribution in [2.24, 2.45) is 0 Å².